The summed E-state index contributed by atoms with van der Waals surface area (Å²) in [5.74, 6) is 0.201. The van der Waals surface area contributed by atoms with E-state index in [1.165, 1.54) is 6.07 Å². The first-order valence-electron chi connectivity index (χ1n) is 7.89. The zero-order valence-electron chi connectivity index (χ0n) is 13.9. The number of hydrogen-bond donors (Lipinski definition) is 0. The van der Waals surface area contributed by atoms with Crippen molar-refractivity contribution in [1.82, 2.24) is 4.90 Å². The maximum atomic E-state index is 12.9. The van der Waals surface area contributed by atoms with Crippen molar-refractivity contribution in [2.75, 3.05) is 13.7 Å². The van der Waals surface area contributed by atoms with Gasteiger partial charge in [0.05, 0.1) is 11.0 Å². The highest BCUT2D eigenvalue weighted by molar-refractivity contribution is 5.96. The molecule has 124 valence electrons. The van der Waals surface area contributed by atoms with Gasteiger partial charge in [0.2, 0.25) is 0 Å². The molecular weight excluding hydrogens is 296 g/mol. The van der Waals surface area contributed by atoms with Gasteiger partial charge in [0.15, 0.2) is 0 Å². The van der Waals surface area contributed by atoms with Gasteiger partial charge in [0.25, 0.3) is 11.6 Å². The molecule has 1 aliphatic carbocycles. The number of carbonyl (C=O) groups is 1. The van der Waals surface area contributed by atoms with Crippen molar-refractivity contribution in [3.8, 4) is 0 Å². The topological polar surface area (TPSA) is 72.7 Å². The maximum absolute atomic E-state index is 12.9. The van der Waals surface area contributed by atoms with Gasteiger partial charge in [0, 0.05) is 48.2 Å². The summed E-state index contributed by atoms with van der Waals surface area (Å²) in [5.41, 5.74) is 0.713. The molecule has 1 aliphatic heterocycles. The third-order valence-electron chi connectivity index (χ3n) is 5.51. The number of hydrogen-bond acceptors (Lipinski definition) is 4. The Morgan fingerprint density at radius 1 is 1.43 bits per heavy atom. The van der Waals surface area contributed by atoms with E-state index >= 15 is 0 Å². The van der Waals surface area contributed by atoms with E-state index in [4.69, 9.17) is 4.74 Å². The van der Waals surface area contributed by atoms with Gasteiger partial charge in [-0.25, -0.2) is 0 Å². The molecule has 0 bridgehead atoms. The van der Waals surface area contributed by atoms with Crippen molar-refractivity contribution in [3.63, 3.8) is 0 Å². The van der Waals surface area contributed by atoms with E-state index in [1.807, 2.05) is 0 Å². The number of amides is 1. The van der Waals surface area contributed by atoms with Gasteiger partial charge in [-0.2, -0.15) is 0 Å². The van der Waals surface area contributed by atoms with Crippen LogP contribution in [0.5, 0.6) is 0 Å². The first-order chi connectivity index (χ1) is 10.8. The lowest BCUT2D eigenvalue weighted by molar-refractivity contribution is -0.385. The van der Waals surface area contributed by atoms with Gasteiger partial charge in [-0.05, 0) is 19.4 Å². The molecule has 3 atom stereocenters. The Kier molecular flexibility index (Phi) is 3.67. The van der Waals surface area contributed by atoms with Crippen molar-refractivity contribution in [2.24, 2.45) is 11.3 Å². The van der Waals surface area contributed by atoms with Crippen LogP contribution >= 0.6 is 0 Å². The third kappa shape index (κ3) is 2.24. The normalized spacial score (nSPS) is 27.9. The van der Waals surface area contributed by atoms with Gasteiger partial charge in [-0.3, -0.25) is 14.9 Å². The average Bonchev–Trinajstić information content (AvgIpc) is 2.92. The molecule has 1 aromatic carbocycles. The number of fused-ring (bicyclic) bond motifs is 1. The first-order valence-corrected chi connectivity index (χ1v) is 7.89. The quantitative estimate of drug-likeness (QED) is 0.634. The molecule has 1 aromatic rings. The Morgan fingerprint density at radius 2 is 2.13 bits per heavy atom. The third-order valence-corrected chi connectivity index (χ3v) is 5.51. The number of nitro benzene ring substituents is 1. The van der Waals surface area contributed by atoms with E-state index in [9.17, 15) is 14.9 Å². The van der Waals surface area contributed by atoms with E-state index in [0.717, 1.165) is 13.0 Å². The van der Waals surface area contributed by atoms with Crippen LogP contribution in [-0.4, -0.2) is 41.5 Å². The summed E-state index contributed by atoms with van der Waals surface area (Å²) >= 11 is 0. The first kappa shape index (κ1) is 15.9. The predicted octanol–water partition coefficient (Wildman–Crippen LogP) is 2.79. The van der Waals surface area contributed by atoms with Crippen LogP contribution in [-0.2, 0) is 4.74 Å². The molecule has 3 rings (SSSR count). The minimum absolute atomic E-state index is 0.0146. The van der Waals surface area contributed by atoms with E-state index in [1.54, 1.807) is 31.0 Å². The lowest BCUT2D eigenvalue weighted by Gasteiger charge is -2.57. The fourth-order valence-electron chi connectivity index (χ4n) is 4.45. The molecule has 0 aromatic heterocycles. The van der Waals surface area contributed by atoms with Gasteiger partial charge in [0.1, 0.15) is 0 Å². The fraction of sp³-hybridized carbons (Fsp3) is 0.588. The minimum Gasteiger partial charge on any atom is -0.377 e. The lowest BCUT2D eigenvalue weighted by atomic mass is 9.56. The summed E-state index contributed by atoms with van der Waals surface area (Å²) in [4.78, 5) is 25.3. The molecule has 2 fully saturated rings. The highest BCUT2D eigenvalue weighted by Gasteiger charge is 2.61. The van der Waals surface area contributed by atoms with Crippen molar-refractivity contribution < 1.29 is 14.5 Å². The molecule has 0 unspecified atom stereocenters. The summed E-state index contributed by atoms with van der Waals surface area (Å²) in [6, 6.07) is 4.76. The lowest BCUT2D eigenvalue weighted by Crippen LogP contribution is -2.66. The molecule has 1 amide bonds. The van der Waals surface area contributed by atoms with Crippen molar-refractivity contribution in [3.05, 3.63) is 39.4 Å². The number of rotatable bonds is 3. The number of benzene rings is 1. The fourth-order valence-corrected chi connectivity index (χ4v) is 4.45. The Labute approximate surface area is 135 Å². The molecule has 1 saturated carbocycles. The van der Waals surface area contributed by atoms with E-state index in [-0.39, 0.29) is 29.2 Å². The summed E-state index contributed by atoms with van der Waals surface area (Å²) in [5, 5.41) is 11.1. The summed E-state index contributed by atoms with van der Waals surface area (Å²) < 4.78 is 5.78. The molecule has 6 heteroatoms. The molecule has 0 spiro atoms. The Balaban J connectivity index is 1.89. The second kappa shape index (κ2) is 5.30. The molecular formula is C17H22N2O4. The number of nitrogens with zero attached hydrogens (tertiary/aromatic N) is 2. The number of ether oxygens (including phenoxy) is 1. The Morgan fingerprint density at radius 3 is 2.78 bits per heavy atom. The zero-order valence-corrected chi connectivity index (χ0v) is 13.9. The number of nitro groups is 1. The monoisotopic (exact) mass is 318 g/mol. The van der Waals surface area contributed by atoms with E-state index in [2.05, 4.69) is 13.8 Å². The summed E-state index contributed by atoms with van der Waals surface area (Å²) in [6.45, 7) is 6.61. The predicted molar refractivity (Wildman–Crippen MR) is 85.3 cm³/mol. The molecule has 1 heterocycles. The van der Waals surface area contributed by atoms with Crippen LogP contribution in [0.2, 0.25) is 0 Å². The van der Waals surface area contributed by atoms with E-state index < -0.39 is 4.92 Å². The van der Waals surface area contributed by atoms with Crippen LogP contribution in [0.3, 0.4) is 0 Å². The summed E-state index contributed by atoms with van der Waals surface area (Å²) in [7, 11) is 1.79. The van der Waals surface area contributed by atoms with Crippen LogP contribution in [0.15, 0.2) is 18.2 Å². The standard InChI is InChI=1S/C17H22N2O4/c1-10-11(6-5-7-13(10)19(21)22)16(20)18(4)14-12-8-9-23-15(12)17(14,2)3/h5-7,12,14-15H,8-9H2,1-4H3/t12-,14+,15+/m0/s1. The smallest absolute Gasteiger partial charge is 0.273 e. The van der Waals surface area contributed by atoms with Gasteiger partial charge < -0.3 is 9.64 Å². The second-order valence-electron chi connectivity index (χ2n) is 7.13. The molecule has 0 radical (unpaired) electrons. The van der Waals surface area contributed by atoms with Gasteiger partial charge >= 0.3 is 0 Å². The zero-order chi connectivity index (χ0) is 16.9. The van der Waals surface area contributed by atoms with Crippen LogP contribution in [0.25, 0.3) is 0 Å². The molecule has 23 heavy (non-hydrogen) atoms. The van der Waals surface area contributed by atoms with Gasteiger partial charge in [-0.1, -0.05) is 19.9 Å². The van der Waals surface area contributed by atoms with Crippen LogP contribution in [0.1, 0.15) is 36.2 Å². The highest BCUT2D eigenvalue weighted by Crippen LogP contribution is 2.54. The van der Waals surface area contributed by atoms with Crippen LogP contribution in [0, 0.1) is 28.4 Å². The van der Waals surface area contributed by atoms with Crippen molar-refractivity contribution in [1.29, 1.82) is 0 Å². The van der Waals surface area contributed by atoms with Gasteiger partial charge in [-0.15, -0.1) is 0 Å². The Hall–Kier alpha value is -1.95. The van der Waals surface area contributed by atoms with Crippen LogP contribution < -0.4 is 0 Å². The molecule has 6 nitrogen and oxygen atoms in total. The average molecular weight is 318 g/mol. The SMILES string of the molecule is Cc1c(C(=O)N(C)[C@@H]2[C@@H]3CCO[C@H]3C2(C)C)cccc1[N+](=O)[O-]. The van der Waals surface area contributed by atoms with E-state index in [0.29, 0.717) is 17.0 Å². The molecule has 2 aliphatic rings. The van der Waals surface area contributed by atoms with Crippen molar-refractivity contribution in [2.45, 2.75) is 39.3 Å². The van der Waals surface area contributed by atoms with Crippen molar-refractivity contribution >= 4 is 11.6 Å². The number of carbonyl (C=O) groups excluding carboxylic acids is 1. The highest BCUT2D eigenvalue weighted by atomic mass is 16.6. The minimum atomic E-state index is -0.444. The largest absolute Gasteiger partial charge is 0.377 e. The maximum Gasteiger partial charge on any atom is 0.273 e. The second-order valence-corrected chi connectivity index (χ2v) is 7.13. The Bertz CT molecular complexity index is 671. The summed E-state index contributed by atoms with van der Waals surface area (Å²) in [6.07, 6.45) is 1.17. The molecule has 1 saturated heterocycles. The molecule has 0 N–H and O–H groups in total. The van der Waals surface area contributed by atoms with Crippen LogP contribution in [0.4, 0.5) is 5.69 Å².